The smallest absolute Gasteiger partial charge is 0.295 e. The third-order valence-corrected chi connectivity index (χ3v) is 6.75. The molecule has 0 saturated heterocycles. The number of pyridine rings is 1. The number of hydrogen-bond acceptors (Lipinski definition) is 6. The third-order valence-electron chi connectivity index (χ3n) is 6.51. The number of hydrogen-bond donors (Lipinski definition) is 2. The van der Waals surface area contributed by atoms with Gasteiger partial charge in [0.2, 0.25) is 5.91 Å². The van der Waals surface area contributed by atoms with Crippen molar-refractivity contribution in [2.45, 2.75) is 33.8 Å². The van der Waals surface area contributed by atoms with E-state index in [0.717, 1.165) is 0 Å². The maximum atomic E-state index is 13.6. The standard InChI is InChI=1S/C31H34ClN5O5/c1-5-41-26-14-13-21(32)16-24(26)29(39)34-20-31(2,3)17-27(38)35-28-25(19-42-23-12-9-15-33-18-23)36(4)37(30(28)40)22-10-7-6-8-11-22/h6-16,18H,5,17,19-20H2,1-4H3,(H,34,39)(H,35,38). The summed E-state index contributed by atoms with van der Waals surface area (Å²) in [5.74, 6) is 0.212. The summed E-state index contributed by atoms with van der Waals surface area (Å²) >= 11 is 6.10. The van der Waals surface area contributed by atoms with Gasteiger partial charge in [-0.05, 0) is 54.8 Å². The lowest BCUT2D eigenvalue weighted by Gasteiger charge is -2.24. The van der Waals surface area contributed by atoms with E-state index in [4.69, 9.17) is 21.1 Å². The Balaban J connectivity index is 1.51. The lowest BCUT2D eigenvalue weighted by atomic mass is 9.88. The van der Waals surface area contributed by atoms with Crippen molar-refractivity contribution < 1.29 is 19.1 Å². The molecule has 0 aliphatic heterocycles. The molecular formula is C31H34ClN5O5. The Bertz CT molecular complexity index is 1600. The van der Waals surface area contributed by atoms with Crippen LogP contribution in [0, 0.1) is 5.41 Å². The molecule has 4 aromatic rings. The summed E-state index contributed by atoms with van der Waals surface area (Å²) in [6.45, 7) is 6.15. The van der Waals surface area contributed by atoms with Crippen LogP contribution in [0.5, 0.6) is 11.5 Å². The highest BCUT2D eigenvalue weighted by molar-refractivity contribution is 6.31. The van der Waals surface area contributed by atoms with Crippen LogP contribution in [0.4, 0.5) is 5.69 Å². The number of amides is 2. The molecule has 0 bridgehead atoms. The van der Waals surface area contributed by atoms with Gasteiger partial charge < -0.3 is 20.1 Å². The minimum atomic E-state index is -0.649. The zero-order chi connectivity index (χ0) is 30.3. The Kier molecular flexibility index (Phi) is 9.69. The second-order valence-electron chi connectivity index (χ2n) is 10.4. The van der Waals surface area contributed by atoms with Gasteiger partial charge in [0.25, 0.3) is 11.5 Å². The van der Waals surface area contributed by atoms with Gasteiger partial charge in [-0.2, -0.15) is 0 Å². The first-order valence-corrected chi connectivity index (χ1v) is 13.9. The van der Waals surface area contributed by atoms with E-state index in [1.54, 1.807) is 66.6 Å². The molecule has 10 nitrogen and oxygen atoms in total. The Labute approximate surface area is 249 Å². The van der Waals surface area contributed by atoms with Crippen LogP contribution in [0.3, 0.4) is 0 Å². The zero-order valence-electron chi connectivity index (χ0n) is 24.0. The predicted molar refractivity (Wildman–Crippen MR) is 162 cm³/mol. The first-order chi connectivity index (χ1) is 20.1. The van der Waals surface area contributed by atoms with Crippen LogP contribution in [-0.4, -0.2) is 39.3 Å². The van der Waals surface area contributed by atoms with E-state index in [9.17, 15) is 14.4 Å². The molecule has 0 aliphatic carbocycles. The van der Waals surface area contributed by atoms with E-state index < -0.39 is 11.0 Å². The van der Waals surface area contributed by atoms with Crippen molar-refractivity contribution in [2.75, 3.05) is 18.5 Å². The number of nitrogens with one attached hydrogen (secondary N) is 2. The van der Waals surface area contributed by atoms with Gasteiger partial charge in [-0.25, -0.2) is 4.68 Å². The number of para-hydroxylation sites is 1. The maximum absolute atomic E-state index is 13.6. The molecule has 0 unspecified atom stereocenters. The van der Waals surface area contributed by atoms with Gasteiger partial charge in [0.1, 0.15) is 29.5 Å². The average Bonchev–Trinajstić information content (AvgIpc) is 3.20. The predicted octanol–water partition coefficient (Wildman–Crippen LogP) is 4.99. The molecule has 11 heteroatoms. The molecule has 0 radical (unpaired) electrons. The Morgan fingerprint density at radius 1 is 1.05 bits per heavy atom. The quantitative estimate of drug-likeness (QED) is 0.240. The number of rotatable bonds is 12. The van der Waals surface area contributed by atoms with Gasteiger partial charge in [-0.15, -0.1) is 0 Å². The number of halogens is 1. The van der Waals surface area contributed by atoms with Crippen LogP contribution in [-0.2, 0) is 18.4 Å². The molecule has 2 aromatic heterocycles. The highest BCUT2D eigenvalue weighted by Gasteiger charge is 2.27. The van der Waals surface area contributed by atoms with E-state index >= 15 is 0 Å². The molecule has 2 aromatic carbocycles. The van der Waals surface area contributed by atoms with Crippen molar-refractivity contribution >= 4 is 29.1 Å². The summed E-state index contributed by atoms with van der Waals surface area (Å²) in [5.41, 5.74) is 0.519. The van der Waals surface area contributed by atoms with Crippen molar-refractivity contribution in [3.05, 3.63) is 99.7 Å². The van der Waals surface area contributed by atoms with Crippen molar-refractivity contribution in [1.29, 1.82) is 0 Å². The van der Waals surface area contributed by atoms with Crippen LogP contribution >= 0.6 is 11.6 Å². The number of nitrogens with zero attached hydrogens (tertiary/aromatic N) is 3. The first kappa shape index (κ1) is 30.4. The normalized spacial score (nSPS) is 11.2. The van der Waals surface area contributed by atoms with Crippen LogP contribution in [0.15, 0.2) is 77.9 Å². The number of ether oxygens (including phenoxy) is 2. The summed E-state index contributed by atoms with van der Waals surface area (Å²) in [4.78, 5) is 43.9. The van der Waals surface area contributed by atoms with Crippen molar-refractivity contribution in [3.8, 4) is 17.2 Å². The molecule has 0 atom stereocenters. The summed E-state index contributed by atoms with van der Waals surface area (Å²) in [5, 5.41) is 6.10. The number of aromatic nitrogens is 3. The third kappa shape index (κ3) is 7.38. The Morgan fingerprint density at radius 2 is 1.81 bits per heavy atom. The molecule has 0 spiro atoms. The second kappa shape index (κ2) is 13.4. The largest absolute Gasteiger partial charge is 0.493 e. The molecular weight excluding hydrogens is 558 g/mol. The fourth-order valence-electron chi connectivity index (χ4n) is 4.44. The topological polar surface area (TPSA) is 116 Å². The molecule has 4 rings (SSSR count). The van der Waals surface area contributed by atoms with Crippen molar-refractivity contribution in [1.82, 2.24) is 19.7 Å². The number of benzene rings is 2. The second-order valence-corrected chi connectivity index (χ2v) is 10.9. The van der Waals surface area contributed by atoms with Gasteiger partial charge in [-0.1, -0.05) is 43.6 Å². The fraction of sp³-hybridized carbons (Fsp3) is 0.290. The maximum Gasteiger partial charge on any atom is 0.295 e. The van der Waals surface area contributed by atoms with E-state index in [-0.39, 0.29) is 37.1 Å². The highest BCUT2D eigenvalue weighted by Crippen LogP contribution is 2.25. The van der Waals surface area contributed by atoms with E-state index in [1.807, 2.05) is 39.0 Å². The molecule has 0 saturated carbocycles. The Morgan fingerprint density at radius 3 is 2.50 bits per heavy atom. The minimum Gasteiger partial charge on any atom is -0.493 e. The van der Waals surface area contributed by atoms with Crippen molar-refractivity contribution in [2.24, 2.45) is 12.5 Å². The molecule has 0 fully saturated rings. The van der Waals surface area contributed by atoms with Gasteiger partial charge in [0, 0.05) is 31.2 Å². The number of carbonyl (C=O) groups excluding carboxylic acids is 2. The van der Waals surface area contributed by atoms with Gasteiger partial charge in [0.05, 0.1) is 24.1 Å². The van der Waals surface area contributed by atoms with E-state index in [1.165, 1.54) is 4.68 Å². The molecule has 2 amide bonds. The monoisotopic (exact) mass is 591 g/mol. The average molecular weight is 592 g/mol. The summed E-state index contributed by atoms with van der Waals surface area (Å²) in [6.07, 6.45) is 3.24. The van der Waals surface area contributed by atoms with Crippen molar-refractivity contribution in [3.63, 3.8) is 0 Å². The van der Waals surface area contributed by atoms with Gasteiger partial charge in [-0.3, -0.25) is 24.0 Å². The molecule has 2 heterocycles. The SMILES string of the molecule is CCOc1ccc(Cl)cc1C(=O)NCC(C)(C)CC(=O)Nc1c(COc2cccnc2)n(C)n(-c2ccccc2)c1=O. The van der Waals surface area contributed by atoms with Crippen LogP contribution in [0.2, 0.25) is 5.02 Å². The first-order valence-electron chi connectivity index (χ1n) is 13.5. The number of anilines is 1. The van der Waals surface area contributed by atoms with Crippen LogP contribution < -0.4 is 25.7 Å². The molecule has 2 N–H and O–H groups in total. The lowest BCUT2D eigenvalue weighted by Crippen LogP contribution is -2.37. The summed E-state index contributed by atoms with van der Waals surface area (Å²) < 4.78 is 14.6. The Hall–Kier alpha value is -4.57. The minimum absolute atomic E-state index is 0.0220. The summed E-state index contributed by atoms with van der Waals surface area (Å²) in [6, 6.07) is 17.5. The van der Waals surface area contributed by atoms with Gasteiger partial charge >= 0.3 is 0 Å². The molecule has 0 aliphatic rings. The molecule has 42 heavy (non-hydrogen) atoms. The van der Waals surface area contributed by atoms with Crippen LogP contribution in [0.25, 0.3) is 5.69 Å². The number of carbonyl (C=O) groups is 2. The summed E-state index contributed by atoms with van der Waals surface area (Å²) in [7, 11) is 1.73. The zero-order valence-corrected chi connectivity index (χ0v) is 24.8. The van der Waals surface area contributed by atoms with Gasteiger partial charge in [0.15, 0.2) is 0 Å². The highest BCUT2D eigenvalue weighted by atomic mass is 35.5. The van der Waals surface area contributed by atoms with E-state index in [2.05, 4.69) is 15.6 Å². The molecule has 220 valence electrons. The lowest BCUT2D eigenvalue weighted by molar-refractivity contribution is -0.118. The van der Waals surface area contributed by atoms with E-state index in [0.29, 0.717) is 40.1 Å². The fourth-order valence-corrected chi connectivity index (χ4v) is 4.61. The van der Waals surface area contributed by atoms with Crippen LogP contribution in [0.1, 0.15) is 43.2 Å².